The summed E-state index contributed by atoms with van der Waals surface area (Å²) in [7, 11) is 0. The number of aliphatic hydroxyl groups excluding tert-OH is 1. The van der Waals surface area contributed by atoms with Crippen molar-refractivity contribution in [3.8, 4) is 16.3 Å². The van der Waals surface area contributed by atoms with Crippen molar-refractivity contribution in [3.63, 3.8) is 0 Å². The molecule has 40 heavy (non-hydrogen) atoms. The smallest absolute Gasteiger partial charge is 0.124 e. The minimum Gasteiger partial charge on any atom is -0.494 e. The molecule has 0 unspecified atom stereocenters. The van der Waals surface area contributed by atoms with Crippen LogP contribution in [0.1, 0.15) is 122 Å². The summed E-state index contributed by atoms with van der Waals surface area (Å²) in [5.41, 5.74) is 2.26. The lowest BCUT2D eigenvalue weighted by molar-refractivity contribution is 0.282. The van der Waals surface area contributed by atoms with E-state index in [-0.39, 0.29) is 0 Å². The highest BCUT2D eigenvalue weighted by Crippen LogP contribution is 2.34. The predicted molar refractivity (Wildman–Crippen MR) is 177 cm³/mol. The molecule has 0 radical (unpaired) electrons. The minimum atomic E-state index is 0.332. The Morgan fingerprint density at radius 2 is 1.30 bits per heavy atom. The van der Waals surface area contributed by atoms with E-state index in [4.69, 9.17) is 14.8 Å². The third-order valence-electron chi connectivity index (χ3n) is 7.55. The molecule has 0 amide bonds. The zero-order valence-electron chi connectivity index (χ0n) is 25.0. The number of ether oxygens (including phenoxy) is 1. The number of aliphatic hydroxyl groups is 1. The van der Waals surface area contributed by atoms with E-state index in [1.54, 1.807) is 11.3 Å². The van der Waals surface area contributed by atoms with Crippen LogP contribution >= 0.6 is 23.1 Å². The monoisotopic (exact) mass is 583 g/mol. The highest BCUT2D eigenvalue weighted by molar-refractivity contribution is 7.99. The molecule has 5 heteroatoms. The standard InChI is InChI=1S/C35H53NO2S2/c1-2-3-4-5-6-7-10-13-16-19-28-39-32-24-25-33-34(29-32)40-35(36-33)30-20-22-31(23-21-30)38-27-18-15-12-9-8-11-14-17-26-37/h20-25,29,37H,2-19,26-28H2,1H3. The lowest BCUT2D eigenvalue weighted by Gasteiger charge is -2.07. The van der Waals surface area contributed by atoms with E-state index < -0.39 is 0 Å². The first-order valence-electron chi connectivity index (χ1n) is 16.2. The van der Waals surface area contributed by atoms with Crippen molar-refractivity contribution in [1.29, 1.82) is 0 Å². The highest BCUT2D eigenvalue weighted by atomic mass is 32.2. The Morgan fingerprint density at radius 1 is 0.700 bits per heavy atom. The summed E-state index contributed by atoms with van der Waals surface area (Å²) in [5.74, 6) is 2.15. The average molecular weight is 584 g/mol. The molecular formula is C35H53NO2S2. The zero-order valence-corrected chi connectivity index (χ0v) is 26.6. The van der Waals surface area contributed by atoms with Gasteiger partial charge in [-0.2, -0.15) is 0 Å². The number of fused-ring (bicyclic) bond motifs is 1. The summed E-state index contributed by atoms with van der Waals surface area (Å²) < 4.78 is 7.25. The van der Waals surface area contributed by atoms with Gasteiger partial charge in [0.15, 0.2) is 0 Å². The van der Waals surface area contributed by atoms with Crippen LogP contribution in [0.4, 0.5) is 0 Å². The van der Waals surface area contributed by atoms with Crippen molar-refractivity contribution in [1.82, 2.24) is 4.98 Å². The summed E-state index contributed by atoms with van der Waals surface area (Å²) >= 11 is 3.78. The van der Waals surface area contributed by atoms with Gasteiger partial charge in [0.25, 0.3) is 0 Å². The van der Waals surface area contributed by atoms with Gasteiger partial charge in [-0.25, -0.2) is 4.98 Å². The van der Waals surface area contributed by atoms with Crippen LogP contribution in [0.5, 0.6) is 5.75 Å². The van der Waals surface area contributed by atoms with Gasteiger partial charge >= 0.3 is 0 Å². The Balaban J connectivity index is 1.30. The Kier molecular flexibility index (Phi) is 17.5. The first-order valence-corrected chi connectivity index (χ1v) is 18.0. The molecule has 0 saturated carbocycles. The average Bonchev–Trinajstić information content (AvgIpc) is 3.41. The maximum absolute atomic E-state index is 8.83. The number of nitrogens with zero attached hydrogens (tertiary/aromatic N) is 1. The van der Waals surface area contributed by atoms with Crippen molar-refractivity contribution in [3.05, 3.63) is 42.5 Å². The number of hydrogen-bond acceptors (Lipinski definition) is 5. The van der Waals surface area contributed by atoms with E-state index in [2.05, 4.69) is 49.4 Å². The molecule has 0 atom stereocenters. The molecule has 0 spiro atoms. The molecule has 222 valence electrons. The summed E-state index contributed by atoms with van der Waals surface area (Å²) in [6, 6.07) is 15.2. The SMILES string of the molecule is CCCCCCCCCCCCSc1ccc2nc(-c3ccc(OCCCCCCCCCCO)cc3)sc2c1. The highest BCUT2D eigenvalue weighted by Gasteiger charge is 2.08. The van der Waals surface area contributed by atoms with Gasteiger partial charge in [-0.05, 0) is 67.5 Å². The maximum atomic E-state index is 8.83. The number of unbranched alkanes of at least 4 members (excludes halogenated alkanes) is 16. The number of thiazole rings is 1. The Labute approximate surface area is 252 Å². The van der Waals surface area contributed by atoms with Crippen molar-refractivity contribution in [2.45, 2.75) is 127 Å². The minimum absolute atomic E-state index is 0.332. The van der Waals surface area contributed by atoms with E-state index in [1.807, 2.05) is 11.8 Å². The lowest BCUT2D eigenvalue weighted by atomic mass is 10.1. The van der Waals surface area contributed by atoms with Gasteiger partial charge in [-0.3, -0.25) is 0 Å². The molecule has 3 aromatic rings. The first kappa shape index (κ1) is 32.9. The Hall–Kier alpha value is -1.56. The molecule has 0 aliphatic carbocycles. The van der Waals surface area contributed by atoms with Gasteiger partial charge in [0.05, 0.1) is 16.8 Å². The zero-order chi connectivity index (χ0) is 28.1. The van der Waals surface area contributed by atoms with E-state index in [0.717, 1.165) is 47.7 Å². The quantitative estimate of drug-likeness (QED) is 0.0841. The fraction of sp³-hybridized carbons (Fsp3) is 0.629. The molecule has 0 fully saturated rings. The number of thioether (sulfide) groups is 1. The molecule has 1 N–H and O–H groups in total. The van der Waals surface area contributed by atoms with Gasteiger partial charge in [-0.1, -0.05) is 103 Å². The Morgan fingerprint density at radius 3 is 1.95 bits per heavy atom. The van der Waals surface area contributed by atoms with Crippen LogP contribution < -0.4 is 4.74 Å². The molecule has 3 rings (SSSR count). The number of hydrogen-bond donors (Lipinski definition) is 1. The van der Waals surface area contributed by atoms with Crippen LogP contribution in [-0.4, -0.2) is 29.1 Å². The van der Waals surface area contributed by atoms with Crippen LogP contribution in [0.15, 0.2) is 47.4 Å². The van der Waals surface area contributed by atoms with E-state index in [1.165, 1.54) is 112 Å². The first-order chi connectivity index (χ1) is 19.8. The van der Waals surface area contributed by atoms with Crippen LogP contribution in [0.2, 0.25) is 0 Å². The van der Waals surface area contributed by atoms with Gasteiger partial charge in [-0.15, -0.1) is 23.1 Å². The van der Waals surface area contributed by atoms with Crippen LogP contribution in [0.25, 0.3) is 20.8 Å². The second-order valence-electron chi connectivity index (χ2n) is 11.1. The Bertz CT molecular complexity index is 1030. The third-order valence-corrected chi connectivity index (χ3v) is 9.70. The summed E-state index contributed by atoms with van der Waals surface area (Å²) in [5, 5.41) is 9.91. The van der Waals surface area contributed by atoms with Gasteiger partial charge in [0.2, 0.25) is 0 Å². The van der Waals surface area contributed by atoms with Crippen molar-refractivity contribution < 1.29 is 9.84 Å². The summed E-state index contributed by atoms with van der Waals surface area (Å²) in [4.78, 5) is 6.26. The van der Waals surface area contributed by atoms with E-state index in [9.17, 15) is 0 Å². The number of benzene rings is 2. The van der Waals surface area contributed by atoms with E-state index >= 15 is 0 Å². The maximum Gasteiger partial charge on any atom is 0.124 e. The number of aromatic nitrogens is 1. The third kappa shape index (κ3) is 13.4. The van der Waals surface area contributed by atoms with Crippen LogP contribution in [0.3, 0.4) is 0 Å². The molecule has 1 heterocycles. The van der Waals surface area contributed by atoms with E-state index in [0.29, 0.717) is 6.61 Å². The molecule has 0 aliphatic heterocycles. The van der Waals surface area contributed by atoms with Crippen molar-refractivity contribution in [2.75, 3.05) is 19.0 Å². The molecular weight excluding hydrogens is 531 g/mol. The number of rotatable bonds is 24. The largest absolute Gasteiger partial charge is 0.494 e. The van der Waals surface area contributed by atoms with Crippen LogP contribution in [0, 0.1) is 0 Å². The second kappa shape index (κ2) is 21.2. The summed E-state index contributed by atoms with van der Waals surface area (Å²) in [6.07, 6.45) is 23.5. The van der Waals surface area contributed by atoms with Gasteiger partial charge in [0, 0.05) is 17.1 Å². The van der Waals surface area contributed by atoms with Gasteiger partial charge in [0.1, 0.15) is 10.8 Å². The molecule has 0 bridgehead atoms. The topological polar surface area (TPSA) is 42.4 Å². The predicted octanol–water partition coefficient (Wildman–Crippen LogP) is 11.5. The lowest BCUT2D eigenvalue weighted by Crippen LogP contribution is -1.97. The molecule has 0 aliphatic rings. The molecule has 0 saturated heterocycles. The fourth-order valence-corrected chi connectivity index (χ4v) is 7.09. The molecule has 1 aromatic heterocycles. The second-order valence-corrected chi connectivity index (χ2v) is 13.3. The molecule has 3 nitrogen and oxygen atoms in total. The van der Waals surface area contributed by atoms with Gasteiger partial charge < -0.3 is 9.84 Å². The van der Waals surface area contributed by atoms with Crippen molar-refractivity contribution >= 4 is 33.3 Å². The van der Waals surface area contributed by atoms with Crippen molar-refractivity contribution in [2.24, 2.45) is 0 Å². The van der Waals surface area contributed by atoms with Crippen LogP contribution in [-0.2, 0) is 0 Å². The summed E-state index contributed by atoms with van der Waals surface area (Å²) in [6.45, 7) is 3.40. The normalized spacial score (nSPS) is 11.4. The fourth-order valence-electron chi connectivity index (χ4n) is 5.06. The molecule has 2 aromatic carbocycles.